The van der Waals surface area contributed by atoms with Gasteiger partial charge in [-0.15, -0.1) is 0 Å². The lowest BCUT2D eigenvalue weighted by atomic mass is 9.94. The van der Waals surface area contributed by atoms with Gasteiger partial charge in [-0.3, -0.25) is 4.79 Å². The van der Waals surface area contributed by atoms with Crippen LogP contribution in [0.25, 0.3) is 0 Å². The number of carboxylic acid groups (broad SMARTS) is 1. The molecule has 22 heavy (non-hydrogen) atoms. The van der Waals surface area contributed by atoms with Crippen molar-refractivity contribution in [2.75, 3.05) is 0 Å². The van der Waals surface area contributed by atoms with E-state index < -0.39 is 42.0 Å². The SMILES string of the molecule is O=C(O)C(CC(F)F)NC(=O)C1(Cc2ccccc2F)CC1. The summed E-state index contributed by atoms with van der Waals surface area (Å²) in [6.07, 6.45) is -2.69. The molecule has 0 radical (unpaired) electrons. The molecule has 0 bridgehead atoms. The minimum absolute atomic E-state index is 0.131. The number of halogens is 3. The molecule has 1 aromatic rings. The third-order valence-electron chi connectivity index (χ3n) is 3.84. The molecule has 1 unspecified atom stereocenters. The van der Waals surface area contributed by atoms with Gasteiger partial charge in [0, 0.05) is 6.42 Å². The molecular weight excluding hydrogens is 299 g/mol. The van der Waals surface area contributed by atoms with Gasteiger partial charge in [-0.25, -0.2) is 18.0 Å². The van der Waals surface area contributed by atoms with Gasteiger partial charge in [0.1, 0.15) is 11.9 Å². The van der Waals surface area contributed by atoms with E-state index in [0.29, 0.717) is 18.4 Å². The van der Waals surface area contributed by atoms with Crippen molar-refractivity contribution in [3.63, 3.8) is 0 Å². The zero-order chi connectivity index (χ0) is 16.3. The predicted molar refractivity (Wildman–Crippen MR) is 72.0 cm³/mol. The predicted octanol–water partition coefficient (Wildman–Crippen LogP) is 2.37. The smallest absolute Gasteiger partial charge is 0.326 e. The van der Waals surface area contributed by atoms with Crippen LogP contribution in [0.4, 0.5) is 13.2 Å². The molecule has 0 heterocycles. The van der Waals surface area contributed by atoms with Crippen LogP contribution < -0.4 is 5.32 Å². The first-order valence-corrected chi connectivity index (χ1v) is 6.89. The number of nitrogens with one attached hydrogen (secondary N) is 1. The zero-order valence-electron chi connectivity index (χ0n) is 11.7. The fraction of sp³-hybridized carbons (Fsp3) is 0.467. The number of benzene rings is 1. The number of carbonyl (C=O) groups excluding carboxylic acids is 1. The minimum atomic E-state index is -2.83. The van der Waals surface area contributed by atoms with E-state index >= 15 is 0 Å². The van der Waals surface area contributed by atoms with Crippen LogP contribution in [-0.2, 0) is 16.0 Å². The maximum absolute atomic E-state index is 13.6. The molecule has 1 fully saturated rings. The van der Waals surface area contributed by atoms with Crippen molar-refractivity contribution in [3.05, 3.63) is 35.6 Å². The van der Waals surface area contributed by atoms with E-state index in [4.69, 9.17) is 5.11 Å². The molecule has 1 aromatic carbocycles. The first kappa shape index (κ1) is 16.3. The van der Waals surface area contributed by atoms with Crippen LogP contribution in [0.5, 0.6) is 0 Å². The highest BCUT2D eigenvalue weighted by atomic mass is 19.3. The number of rotatable bonds is 7. The number of amides is 1. The summed E-state index contributed by atoms with van der Waals surface area (Å²) in [5.41, 5.74) is -0.534. The van der Waals surface area contributed by atoms with Crippen molar-refractivity contribution in [2.24, 2.45) is 5.41 Å². The van der Waals surface area contributed by atoms with E-state index in [1.54, 1.807) is 12.1 Å². The molecule has 2 rings (SSSR count). The van der Waals surface area contributed by atoms with Crippen LogP contribution in [0.15, 0.2) is 24.3 Å². The Hall–Kier alpha value is -2.05. The van der Waals surface area contributed by atoms with Gasteiger partial charge in [0.15, 0.2) is 0 Å². The lowest BCUT2D eigenvalue weighted by Gasteiger charge is -2.20. The van der Waals surface area contributed by atoms with Crippen molar-refractivity contribution in [1.29, 1.82) is 0 Å². The number of hydrogen-bond donors (Lipinski definition) is 2. The van der Waals surface area contributed by atoms with Crippen LogP contribution >= 0.6 is 0 Å². The van der Waals surface area contributed by atoms with Gasteiger partial charge in [0.05, 0.1) is 5.41 Å². The molecule has 1 aliphatic carbocycles. The van der Waals surface area contributed by atoms with Crippen molar-refractivity contribution >= 4 is 11.9 Å². The molecule has 0 spiro atoms. The highest BCUT2D eigenvalue weighted by molar-refractivity contribution is 5.89. The number of hydrogen-bond acceptors (Lipinski definition) is 2. The molecule has 4 nitrogen and oxygen atoms in total. The summed E-state index contributed by atoms with van der Waals surface area (Å²) in [5.74, 6) is -2.55. The van der Waals surface area contributed by atoms with Crippen LogP contribution in [0.3, 0.4) is 0 Å². The first-order valence-electron chi connectivity index (χ1n) is 6.89. The molecule has 7 heteroatoms. The molecule has 1 amide bonds. The third kappa shape index (κ3) is 3.78. The Morgan fingerprint density at radius 3 is 2.41 bits per heavy atom. The van der Waals surface area contributed by atoms with Gasteiger partial charge >= 0.3 is 5.97 Å². The molecule has 0 saturated heterocycles. The quantitative estimate of drug-likeness (QED) is 0.812. The Morgan fingerprint density at radius 1 is 1.27 bits per heavy atom. The Balaban J connectivity index is 2.05. The molecule has 0 aromatic heterocycles. The van der Waals surface area contributed by atoms with Crippen molar-refractivity contribution in [1.82, 2.24) is 5.32 Å². The van der Waals surface area contributed by atoms with E-state index in [-0.39, 0.29) is 6.42 Å². The summed E-state index contributed by atoms with van der Waals surface area (Å²) in [7, 11) is 0. The topological polar surface area (TPSA) is 66.4 Å². The van der Waals surface area contributed by atoms with Gasteiger partial charge in [0.25, 0.3) is 0 Å². The summed E-state index contributed by atoms with van der Waals surface area (Å²) >= 11 is 0. The summed E-state index contributed by atoms with van der Waals surface area (Å²) in [5, 5.41) is 11.0. The van der Waals surface area contributed by atoms with E-state index in [9.17, 15) is 22.8 Å². The second kappa shape index (κ2) is 6.37. The number of alkyl halides is 2. The summed E-state index contributed by atoms with van der Waals surface area (Å²) in [6, 6.07) is 4.37. The van der Waals surface area contributed by atoms with Gasteiger partial charge in [-0.1, -0.05) is 18.2 Å². The van der Waals surface area contributed by atoms with Crippen LogP contribution in [0.1, 0.15) is 24.8 Å². The molecule has 1 saturated carbocycles. The fourth-order valence-corrected chi connectivity index (χ4v) is 2.35. The highest BCUT2D eigenvalue weighted by Gasteiger charge is 2.50. The Labute approximate surface area is 125 Å². The average molecular weight is 315 g/mol. The number of carboxylic acids is 1. The average Bonchev–Trinajstić information content (AvgIpc) is 3.21. The van der Waals surface area contributed by atoms with Crippen molar-refractivity contribution in [2.45, 2.75) is 38.2 Å². The van der Waals surface area contributed by atoms with E-state index in [0.717, 1.165) is 0 Å². The normalized spacial score (nSPS) is 17.1. The Morgan fingerprint density at radius 2 is 1.91 bits per heavy atom. The summed E-state index contributed by atoms with van der Waals surface area (Å²) in [6.45, 7) is 0. The van der Waals surface area contributed by atoms with Crippen LogP contribution in [0.2, 0.25) is 0 Å². The monoisotopic (exact) mass is 315 g/mol. The first-order chi connectivity index (χ1) is 10.3. The fourth-order valence-electron chi connectivity index (χ4n) is 2.35. The lowest BCUT2D eigenvalue weighted by Crippen LogP contribution is -2.45. The second-order valence-electron chi connectivity index (χ2n) is 5.54. The van der Waals surface area contributed by atoms with Gasteiger partial charge in [-0.05, 0) is 30.9 Å². The zero-order valence-corrected chi connectivity index (χ0v) is 11.7. The van der Waals surface area contributed by atoms with Crippen molar-refractivity contribution in [3.8, 4) is 0 Å². The molecule has 0 aliphatic heterocycles. The summed E-state index contributed by atoms with van der Waals surface area (Å²) < 4.78 is 38.3. The van der Waals surface area contributed by atoms with Crippen LogP contribution in [-0.4, -0.2) is 29.5 Å². The largest absolute Gasteiger partial charge is 0.480 e. The van der Waals surface area contributed by atoms with Crippen LogP contribution in [0, 0.1) is 11.2 Å². The maximum Gasteiger partial charge on any atom is 0.326 e. The molecule has 120 valence electrons. The Kier molecular flexibility index (Phi) is 4.73. The van der Waals surface area contributed by atoms with Gasteiger partial charge < -0.3 is 10.4 Å². The maximum atomic E-state index is 13.6. The van der Waals surface area contributed by atoms with Gasteiger partial charge in [0.2, 0.25) is 12.3 Å². The summed E-state index contributed by atoms with van der Waals surface area (Å²) in [4.78, 5) is 23.1. The van der Waals surface area contributed by atoms with Gasteiger partial charge in [-0.2, -0.15) is 0 Å². The van der Waals surface area contributed by atoms with Crippen molar-refractivity contribution < 1.29 is 27.9 Å². The molecule has 1 aliphatic rings. The second-order valence-corrected chi connectivity index (χ2v) is 5.54. The van der Waals surface area contributed by atoms with E-state index in [2.05, 4.69) is 5.32 Å². The lowest BCUT2D eigenvalue weighted by molar-refractivity contribution is -0.144. The number of aliphatic carboxylic acids is 1. The highest BCUT2D eigenvalue weighted by Crippen LogP contribution is 2.49. The molecule has 1 atom stereocenters. The molecular formula is C15H16F3NO3. The van der Waals surface area contributed by atoms with E-state index in [1.165, 1.54) is 12.1 Å². The number of carbonyl (C=O) groups is 2. The Bertz CT molecular complexity index is 573. The third-order valence-corrected chi connectivity index (χ3v) is 3.84. The van der Waals surface area contributed by atoms with E-state index in [1.807, 2.05) is 0 Å². The minimum Gasteiger partial charge on any atom is -0.480 e. The standard InChI is InChI=1S/C15H16F3NO3/c16-10-4-2-1-3-9(10)8-15(5-6-15)14(22)19-11(13(20)21)7-12(17)18/h1-4,11-12H,5-8H2,(H,19,22)(H,20,21). The molecule has 2 N–H and O–H groups in total.